The Morgan fingerprint density at radius 2 is 1.76 bits per heavy atom. The molecule has 0 aliphatic carbocycles. The van der Waals surface area contributed by atoms with Crippen molar-refractivity contribution in [2.75, 3.05) is 0 Å². The largest absolute Gasteiger partial charge is 0.350 e. The number of para-hydroxylation sites is 1. The second-order valence-electron chi connectivity index (χ2n) is 8.85. The molecule has 0 spiro atoms. The Kier molecular flexibility index (Phi) is 7.17. The van der Waals surface area contributed by atoms with E-state index in [1.54, 1.807) is 28.5 Å². The van der Waals surface area contributed by atoms with Crippen LogP contribution in [0.2, 0.25) is 0 Å². The van der Waals surface area contributed by atoms with E-state index < -0.39 is 0 Å². The Hall–Kier alpha value is -3.38. The molecule has 4 aromatic rings. The highest BCUT2D eigenvalue weighted by atomic mass is 32.2. The maximum Gasteiger partial charge on any atom is 0.262 e. The van der Waals surface area contributed by atoms with Crippen molar-refractivity contribution in [3.8, 4) is 0 Å². The molecule has 0 aliphatic heterocycles. The molecule has 1 N–H and O–H groups in total. The van der Waals surface area contributed by atoms with Gasteiger partial charge in [0.25, 0.3) is 11.5 Å². The number of aromatic nitrogens is 2. The minimum absolute atomic E-state index is 0.0595. The Labute approximate surface area is 204 Å². The molecule has 34 heavy (non-hydrogen) atoms. The third-order valence-electron chi connectivity index (χ3n) is 5.66. The van der Waals surface area contributed by atoms with Gasteiger partial charge in [0, 0.05) is 17.4 Å². The van der Waals surface area contributed by atoms with E-state index in [9.17, 15) is 9.59 Å². The van der Waals surface area contributed by atoms with E-state index in [2.05, 4.69) is 37.4 Å². The van der Waals surface area contributed by atoms with Gasteiger partial charge in [-0.25, -0.2) is 4.98 Å². The summed E-state index contributed by atoms with van der Waals surface area (Å²) < 4.78 is 1.74. The molecule has 0 aliphatic rings. The van der Waals surface area contributed by atoms with Crippen molar-refractivity contribution in [3.05, 3.63) is 105 Å². The lowest BCUT2D eigenvalue weighted by Crippen LogP contribution is -2.30. The van der Waals surface area contributed by atoms with Crippen molar-refractivity contribution in [1.29, 1.82) is 0 Å². The van der Waals surface area contributed by atoms with E-state index in [4.69, 9.17) is 4.98 Å². The average molecular weight is 472 g/mol. The minimum Gasteiger partial charge on any atom is -0.350 e. The maximum atomic E-state index is 13.4. The summed E-state index contributed by atoms with van der Waals surface area (Å²) in [7, 11) is 0. The van der Waals surface area contributed by atoms with Crippen LogP contribution in [0.15, 0.2) is 76.7 Å². The van der Waals surface area contributed by atoms with Gasteiger partial charge in [0.05, 0.1) is 17.4 Å². The first-order chi connectivity index (χ1) is 16.3. The van der Waals surface area contributed by atoms with E-state index in [1.165, 1.54) is 16.7 Å². The second kappa shape index (κ2) is 10.3. The number of benzene rings is 3. The molecule has 5 nitrogen and oxygen atoms in total. The fourth-order valence-electron chi connectivity index (χ4n) is 3.78. The summed E-state index contributed by atoms with van der Waals surface area (Å²) in [6, 6.07) is 21.4. The molecule has 1 aromatic heterocycles. The van der Waals surface area contributed by atoms with Gasteiger partial charge in [-0.15, -0.1) is 0 Å². The van der Waals surface area contributed by atoms with E-state index in [-0.39, 0.29) is 17.5 Å². The third-order valence-corrected chi connectivity index (χ3v) is 6.69. The number of aryl methyl sites for hydroxylation is 2. The molecule has 0 atom stereocenters. The monoisotopic (exact) mass is 471 g/mol. The molecule has 3 aromatic carbocycles. The van der Waals surface area contributed by atoms with Crippen LogP contribution in [0.4, 0.5) is 0 Å². The van der Waals surface area contributed by atoms with Crippen molar-refractivity contribution in [1.82, 2.24) is 14.9 Å². The van der Waals surface area contributed by atoms with Crippen LogP contribution in [0.3, 0.4) is 0 Å². The summed E-state index contributed by atoms with van der Waals surface area (Å²) in [4.78, 5) is 30.5. The topological polar surface area (TPSA) is 64.0 Å². The van der Waals surface area contributed by atoms with Gasteiger partial charge in [-0.3, -0.25) is 14.2 Å². The molecule has 0 saturated heterocycles. The van der Waals surface area contributed by atoms with Crippen LogP contribution in [-0.4, -0.2) is 21.5 Å². The highest BCUT2D eigenvalue weighted by molar-refractivity contribution is 7.98. The van der Waals surface area contributed by atoms with Gasteiger partial charge < -0.3 is 5.32 Å². The van der Waals surface area contributed by atoms with Crippen LogP contribution in [0, 0.1) is 13.8 Å². The molecule has 4 rings (SSSR count). The smallest absolute Gasteiger partial charge is 0.262 e. The fourth-order valence-corrected chi connectivity index (χ4v) is 4.85. The van der Waals surface area contributed by atoms with Gasteiger partial charge in [0.15, 0.2) is 5.16 Å². The molecular weight excluding hydrogens is 442 g/mol. The summed E-state index contributed by atoms with van der Waals surface area (Å²) in [6.07, 6.45) is 0. The van der Waals surface area contributed by atoms with Crippen LogP contribution >= 0.6 is 11.8 Å². The highest BCUT2D eigenvalue weighted by Crippen LogP contribution is 2.25. The van der Waals surface area contributed by atoms with Crippen molar-refractivity contribution in [3.63, 3.8) is 0 Å². The van der Waals surface area contributed by atoms with Gasteiger partial charge in [-0.05, 0) is 68.7 Å². The van der Waals surface area contributed by atoms with E-state index >= 15 is 0 Å². The molecule has 1 heterocycles. The number of nitrogens with zero attached hydrogens (tertiary/aromatic N) is 2. The van der Waals surface area contributed by atoms with Gasteiger partial charge >= 0.3 is 0 Å². The number of thioether (sulfide) groups is 1. The lowest BCUT2D eigenvalue weighted by atomic mass is 10.1. The van der Waals surface area contributed by atoms with Gasteiger partial charge in [-0.1, -0.05) is 59.8 Å². The lowest BCUT2D eigenvalue weighted by Gasteiger charge is -2.14. The number of hydrogen-bond acceptors (Lipinski definition) is 4. The molecule has 0 fully saturated rings. The Morgan fingerprint density at radius 3 is 2.50 bits per heavy atom. The first-order valence-electron chi connectivity index (χ1n) is 11.4. The van der Waals surface area contributed by atoms with Crippen molar-refractivity contribution < 1.29 is 4.79 Å². The van der Waals surface area contributed by atoms with Gasteiger partial charge in [-0.2, -0.15) is 0 Å². The number of rotatable bonds is 7. The standard InChI is InChI=1S/C28H29N3O2S/c1-18(2)29-26(32)22-13-11-21(12-14-22)16-31-27(33)24-7-5-6-8-25(24)30-28(31)34-17-23-15-19(3)9-10-20(23)4/h5-15,18H,16-17H2,1-4H3,(H,29,32). The summed E-state index contributed by atoms with van der Waals surface area (Å²) in [5.41, 5.74) is 5.86. The SMILES string of the molecule is Cc1ccc(C)c(CSc2nc3ccccc3c(=O)n2Cc2ccc(C(=O)NC(C)C)cc2)c1. The molecule has 0 radical (unpaired) electrons. The zero-order chi connectivity index (χ0) is 24.2. The molecule has 174 valence electrons. The number of carbonyl (C=O) groups excluding carboxylic acids is 1. The molecule has 0 saturated carbocycles. The first kappa shape index (κ1) is 23.8. The zero-order valence-corrected chi connectivity index (χ0v) is 20.8. The van der Waals surface area contributed by atoms with E-state index in [0.29, 0.717) is 28.2 Å². The summed E-state index contributed by atoms with van der Waals surface area (Å²) >= 11 is 1.57. The second-order valence-corrected chi connectivity index (χ2v) is 9.79. The van der Waals surface area contributed by atoms with E-state index in [0.717, 1.165) is 11.3 Å². The van der Waals surface area contributed by atoms with Crippen LogP contribution in [0.5, 0.6) is 0 Å². The van der Waals surface area contributed by atoms with Gasteiger partial charge in [0.2, 0.25) is 0 Å². The molecule has 0 unspecified atom stereocenters. The number of nitrogens with one attached hydrogen (secondary N) is 1. The molecule has 1 amide bonds. The molecule has 6 heteroatoms. The van der Waals surface area contributed by atoms with Crippen LogP contribution in [0.25, 0.3) is 10.9 Å². The predicted molar refractivity (Wildman–Crippen MR) is 140 cm³/mol. The fraction of sp³-hybridized carbons (Fsp3) is 0.250. The normalized spacial score (nSPS) is 11.2. The average Bonchev–Trinajstić information content (AvgIpc) is 2.81. The zero-order valence-electron chi connectivity index (χ0n) is 20.0. The number of fused-ring (bicyclic) bond motifs is 1. The predicted octanol–water partition coefficient (Wildman–Crippen LogP) is 5.49. The maximum absolute atomic E-state index is 13.4. The number of hydrogen-bond donors (Lipinski definition) is 1. The first-order valence-corrected chi connectivity index (χ1v) is 12.4. The number of amides is 1. The Morgan fingerprint density at radius 1 is 1.03 bits per heavy atom. The quantitative estimate of drug-likeness (QED) is 0.286. The summed E-state index contributed by atoms with van der Waals surface area (Å²) in [5.74, 6) is 0.628. The highest BCUT2D eigenvalue weighted by Gasteiger charge is 2.14. The number of carbonyl (C=O) groups is 1. The van der Waals surface area contributed by atoms with Crippen LogP contribution in [-0.2, 0) is 12.3 Å². The third kappa shape index (κ3) is 5.39. The van der Waals surface area contributed by atoms with E-state index in [1.807, 2.05) is 50.2 Å². The van der Waals surface area contributed by atoms with Crippen molar-refractivity contribution >= 4 is 28.6 Å². The van der Waals surface area contributed by atoms with Crippen LogP contribution < -0.4 is 10.9 Å². The van der Waals surface area contributed by atoms with Gasteiger partial charge in [0.1, 0.15) is 0 Å². The Bertz CT molecular complexity index is 1390. The summed E-state index contributed by atoms with van der Waals surface area (Å²) in [5, 5.41) is 4.19. The molecular formula is C28H29N3O2S. The minimum atomic E-state index is -0.101. The van der Waals surface area contributed by atoms with Crippen LogP contribution in [0.1, 0.15) is 46.5 Å². The van der Waals surface area contributed by atoms with Crippen molar-refractivity contribution in [2.45, 2.75) is 51.2 Å². The summed E-state index contributed by atoms with van der Waals surface area (Å²) in [6.45, 7) is 8.44. The van der Waals surface area contributed by atoms with Crippen molar-refractivity contribution in [2.24, 2.45) is 0 Å². The Balaban J connectivity index is 1.67. The lowest BCUT2D eigenvalue weighted by molar-refractivity contribution is 0.0943. The molecule has 0 bridgehead atoms.